The third-order valence-electron chi connectivity index (χ3n) is 2.11. The van der Waals surface area contributed by atoms with Crippen LogP contribution in [0.25, 0.3) is 0 Å². The number of rotatable bonds is 1. The van der Waals surface area contributed by atoms with Crippen molar-refractivity contribution in [1.82, 2.24) is 14.9 Å². The van der Waals surface area contributed by atoms with Crippen molar-refractivity contribution < 1.29 is 9.90 Å². The van der Waals surface area contributed by atoms with E-state index in [-0.39, 0.29) is 11.4 Å². The second-order valence-electron chi connectivity index (χ2n) is 2.89. The number of fused-ring (bicyclic) bond motifs is 1. The van der Waals surface area contributed by atoms with Gasteiger partial charge in [-0.15, -0.1) is 0 Å². The standard InChI is InChI=1S/C7H9N3O3/c11-6(12)5-4-3-8-1-2-10(4)7(13)9-5/h8H,1-3H2,(H,9,13)(H,11,12). The summed E-state index contributed by atoms with van der Waals surface area (Å²) >= 11 is 0. The predicted octanol–water partition coefficient (Wildman–Crippen LogP) is -1.02. The number of hydrogen-bond donors (Lipinski definition) is 3. The second kappa shape index (κ2) is 2.74. The molecular weight excluding hydrogens is 174 g/mol. The molecule has 0 fully saturated rings. The zero-order valence-electron chi connectivity index (χ0n) is 6.83. The number of nitrogens with one attached hydrogen (secondary N) is 2. The van der Waals surface area contributed by atoms with E-state index in [9.17, 15) is 9.59 Å². The van der Waals surface area contributed by atoms with E-state index in [1.807, 2.05) is 0 Å². The molecule has 2 heterocycles. The van der Waals surface area contributed by atoms with E-state index in [1.54, 1.807) is 0 Å². The number of aromatic carboxylic acids is 1. The minimum Gasteiger partial charge on any atom is -0.477 e. The molecule has 2 rings (SSSR count). The largest absolute Gasteiger partial charge is 0.477 e. The maximum Gasteiger partial charge on any atom is 0.354 e. The van der Waals surface area contributed by atoms with Crippen LogP contribution in [-0.4, -0.2) is 27.2 Å². The van der Waals surface area contributed by atoms with Crippen molar-refractivity contribution in [3.63, 3.8) is 0 Å². The monoisotopic (exact) mass is 183 g/mol. The lowest BCUT2D eigenvalue weighted by atomic mass is 10.3. The molecule has 0 aromatic carbocycles. The maximum absolute atomic E-state index is 11.2. The minimum absolute atomic E-state index is 0.00259. The summed E-state index contributed by atoms with van der Waals surface area (Å²) in [5.41, 5.74) is 0.190. The van der Waals surface area contributed by atoms with Gasteiger partial charge in [0.25, 0.3) is 0 Å². The normalized spacial score (nSPS) is 15.4. The molecule has 0 spiro atoms. The van der Waals surface area contributed by atoms with Crippen LogP contribution in [0.5, 0.6) is 0 Å². The van der Waals surface area contributed by atoms with E-state index < -0.39 is 5.97 Å². The first-order chi connectivity index (χ1) is 6.20. The SMILES string of the molecule is O=C(O)c1[nH]c(=O)n2c1CNCC2. The van der Waals surface area contributed by atoms with Crippen LogP contribution in [0.2, 0.25) is 0 Å². The molecule has 13 heavy (non-hydrogen) atoms. The van der Waals surface area contributed by atoms with E-state index in [2.05, 4.69) is 10.3 Å². The van der Waals surface area contributed by atoms with Gasteiger partial charge >= 0.3 is 11.7 Å². The molecule has 6 heteroatoms. The fourth-order valence-corrected chi connectivity index (χ4v) is 1.50. The van der Waals surface area contributed by atoms with Crippen LogP contribution in [-0.2, 0) is 13.1 Å². The molecule has 1 aliphatic heterocycles. The topological polar surface area (TPSA) is 87.1 Å². The molecule has 0 saturated carbocycles. The Morgan fingerprint density at radius 1 is 1.54 bits per heavy atom. The van der Waals surface area contributed by atoms with E-state index in [0.717, 1.165) is 0 Å². The summed E-state index contributed by atoms with van der Waals surface area (Å²) < 4.78 is 1.46. The van der Waals surface area contributed by atoms with Gasteiger partial charge in [-0.2, -0.15) is 0 Å². The Morgan fingerprint density at radius 2 is 2.31 bits per heavy atom. The number of imidazole rings is 1. The van der Waals surface area contributed by atoms with Crippen molar-refractivity contribution in [2.45, 2.75) is 13.1 Å². The first kappa shape index (κ1) is 8.06. The number of hydrogen-bond acceptors (Lipinski definition) is 3. The van der Waals surface area contributed by atoms with Crippen molar-refractivity contribution in [2.24, 2.45) is 0 Å². The van der Waals surface area contributed by atoms with Gasteiger partial charge in [-0.3, -0.25) is 9.55 Å². The fraction of sp³-hybridized carbons (Fsp3) is 0.429. The van der Waals surface area contributed by atoms with E-state index in [4.69, 9.17) is 5.11 Å². The van der Waals surface area contributed by atoms with E-state index in [0.29, 0.717) is 25.3 Å². The van der Waals surface area contributed by atoms with Crippen LogP contribution in [0.3, 0.4) is 0 Å². The average Bonchev–Trinajstić information content (AvgIpc) is 2.45. The van der Waals surface area contributed by atoms with Gasteiger partial charge in [-0.25, -0.2) is 9.59 Å². The summed E-state index contributed by atoms with van der Waals surface area (Å²) in [5.74, 6) is -1.09. The second-order valence-corrected chi connectivity index (χ2v) is 2.89. The Hall–Kier alpha value is -1.56. The molecule has 6 nitrogen and oxygen atoms in total. The van der Waals surface area contributed by atoms with E-state index >= 15 is 0 Å². The van der Waals surface area contributed by atoms with Gasteiger partial charge in [-0.1, -0.05) is 0 Å². The molecule has 70 valence electrons. The number of H-pyrrole nitrogens is 1. The van der Waals surface area contributed by atoms with Crippen molar-refractivity contribution in [3.05, 3.63) is 21.9 Å². The summed E-state index contributed by atoms with van der Waals surface area (Å²) in [6.07, 6.45) is 0. The number of nitrogens with zero attached hydrogens (tertiary/aromatic N) is 1. The molecular formula is C7H9N3O3. The molecule has 1 aromatic heterocycles. The summed E-state index contributed by atoms with van der Waals surface area (Å²) in [4.78, 5) is 24.2. The zero-order chi connectivity index (χ0) is 9.42. The Balaban J connectivity index is 2.60. The number of carbonyl (C=O) groups is 1. The van der Waals surface area contributed by atoms with Crippen molar-refractivity contribution in [2.75, 3.05) is 6.54 Å². The Kier molecular flexibility index (Phi) is 1.70. The van der Waals surface area contributed by atoms with E-state index in [1.165, 1.54) is 4.57 Å². The first-order valence-corrected chi connectivity index (χ1v) is 3.96. The third-order valence-corrected chi connectivity index (χ3v) is 2.11. The van der Waals surface area contributed by atoms with Crippen LogP contribution in [0.1, 0.15) is 16.2 Å². The smallest absolute Gasteiger partial charge is 0.354 e. The molecule has 0 saturated heterocycles. The van der Waals surface area contributed by atoms with Gasteiger partial charge in [0.2, 0.25) is 0 Å². The molecule has 0 aliphatic carbocycles. The fourth-order valence-electron chi connectivity index (χ4n) is 1.50. The Labute approximate surface area is 73.2 Å². The molecule has 0 unspecified atom stereocenters. The van der Waals surface area contributed by atoms with Crippen LogP contribution in [0.15, 0.2) is 4.79 Å². The molecule has 0 radical (unpaired) electrons. The Morgan fingerprint density at radius 3 is 3.00 bits per heavy atom. The lowest BCUT2D eigenvalue weighted by Gasteiger charge is -2.14. The highest BCUT2D eigenvalue weighted by molar-refractivity contribution is 5.86. The number of carboxylic acid groups (broad SMARTS) is 1. The van der Waals surface area contributed by atoms with Gasteiger partial charge in [-0.05, 0) is 0 Å². The number of carboxylic acids is 1. The lowest BCUT2D eigenvalue weighted by Crippen LogP contribution is -2.33. The quantitative estimate of drug-likeness (QED) is 0.520. The highest BCUT2D eigenvalue weighted by Gasteiger charge is 2.20. The molecule has 3 N–H and O–H groups in total. The van der Waals surface area contributed by atoms with Gasteiger partial charge in [0.15, 0.2) is 0 Å². The maximum atomic E-state index is 11.2. The van der Waals surface area contributed by atoms with Crippen molar-refractivity contribution in [1.29, 1.82) is 0 Å². The zero-order valence-corrected chi connectivity index (χ0v) is 6.83. The molecule has 0 amide bonds. The summed E-state index contributed by atoms with van der Waals surface area (Å²) in [6.45, 7) is 1.65. The molecule has 1 aliphatic rings. The van der Waals surface area contributed by atoms with Crippen molar-refractivity contribution >= 4 is 5.97 Å². The van der Waals surface area contributed by atoms with Gasteiger partial charge in [0.1, 0.15) is 5.69 Å². The highest BCUT2D eigenvalue weighted by atomic mass is 16.4. The molecule has 0 atom stereocenters. The predicted molar refractivity (Wildman–Crippen MR) is 43.7 cm³/mol. The minimum atomic E-state index is -1.09. The summed E-state index contributed by atoms with van der Waals surface area (Å²) in [5, 5.41) is 11.7. The highest BCUT2D eigenvalue weighted by Crippen LogP contribution is 2.06. The van der Waals surface area contributed by atoms with Gasteiger partial charge in [0.05, 0.1) is 5.69 Å². The summed E-state index contributed by atoms with van der Waals surface area (Å²) in [7, 11) is 0. The molecule has 1 aromatic rings. The van der Waals surface area contributed by atoms with Crippen LogP contribution in [0, 0.1) is 0 Å². The van der Waals surface area contributed by atoms with Crippen LogP contribution < -0.4 is 11.0 Å². The van der Waals surface area contributed by atoms with Gasteiger partial charge in [0, 0.05) is 19.6 Å². The number of aromatic nitrogens is 2. The number of aromatic amines is 1. The van der Waals surface area contributed by atoms with Crippen LogP contribution >= 0.6 is 0 Å². The third kappa shape index (κ3) is 1.15. The summed E-state index contributed by atoms with van der Waals surface area (Å²) in [6, 6.07) is 0. The van der Waals surface area contributed by atoms with Crippen LogP contribution in [0.4, 0.5) is 0 Å². The average molecular weight is 183 g/mol. The Bertz CT molecular complexity index is 404. The first-order valence-electron chi connectivity index (χ1n) is 3.96. The lowest BCUT2D eigenvalue weighted by molar-refractivity contribution is 0.0689. The molecule has 0 bridgehead atoms. The van der Waals surface area contributed by atoms with Crippen molar-refractivity contribution in [3.8, 4) is 0 Å². The van der Waals surface area contributed by atoms with Gasteiger partial charge < -0.3 is 10.4 Å².